The molecule has 1 aliphatic rings. The van der Waals surface area contributed by atoms with Gasteiger partial charge in [0.1, 0.15) is 6.54 Å². The molecule has 0 heterocycles. The van der Waals surface area contributed by atoms with E-state index in [1.54, 1.807) is 0 Å². The van der Waals surface area contributed by atoms with Gasteiger partial charge in [0.05, 0.1) is 5.84 Å². The monoisotopic (exact) mass is 208 g/mol. The first-order valence-corrected chi connectivity index (χ1v) is 4.85. The Morgan fingerprint density at radius 1 is 1.43 bits per heavy atom. The molecule has 0 radical (unpaired) electrons. The SMILES string of the molecule is CCCC(=N)N(CC(F)(F)F)C1CC1. The van der Waals surface area contributed by atoms with Crippen LogP contribution >= 0.6 is 0 Å². The van der Waals surface area contributed by atoms with Gasteiger partial charge in [-0.25, -0.2) is 0 Å². The molecular weight excluding hydrogens is 193 g/mol. The smallest absolute Gasteiger partial charge is 0.348 e. The van der Waals surface area contributed by atoms with Crippen LogP contribution in [0, 0.1) is 5.41 Å². The quantitative estimate of drug-likeness (QED) is 0.558. The van der Waals surface area contributed by atoms with Crippen LogP contribution in [0.4, 0.5) is 13.2 Å². The van der Waals surface area contributed by atoms with Crippen LogP contribution in [0.25, 0.3) is 0 Å². The lowest BCUT2D eigenvalue weighted by Gasteiger charge is -2.25. The molecular formula is C9H15F3N2. The Balaban J connectivity index is 2.51. The number of alkyl halides is 3. The molecule has 0 aromatic carbocycles. The van der Waals surface area contributed by atoms with Crippen molar-refractivity contribution < 1.29 is 13.2 Å². The van der Waals surface area contributed by atoms with Crippen molar-refractivity contribution in [3.05, 3.63) is 0 Å². The molecule has 1 aliphatic carbocycles. The topological polar surface area (TPSA) is 27.1 Å². The summed E-state index contributed by atoms with van der Waals surface area (Å²) in [6, 6.07) is -0.0318. The van der Waals surface area contributed by atoms with E-state index in [1.807, 2.05) is 6.92 Å². The van der Waals surface area contributed by atoms with Gasteiger partial charge in [-0.1, -0.05) is 6.92 Å². The minimum atomic E-state index is -4.19. The van der Waals surface area contributed by atoms with E-state index in [0.29, 0.717) is 6.42 Å². The first-order valence-electron chi connectivity index (χ1n) is 4.85. The van der Waals surface area contributed by atoms with E-state index >= 15 is 0 Å². The van der Waals surface area contributed by atoms with Crippen LogP contribution in [0.15, 0.2) is 0 Å². The molecule has 0 amide bonds. The zero-order chi connectivity index (χ0) is 10.8. The molecule has 1 rings (SSSR count). The zero-order valence-corrected chi connectivity index (χ0v) is 8.19. The highest BCUT2D eigenvalue weighted by Crippen LogP contribution is 2.30. The molecule has 0 atom stereocenters. The molecule has 2 nitrogen and oxygen atoms in total. The van der Waals surface area contributed by atoms with Gasteiger partial charge >= 0.3 is 6.18 Å². The summed E-state index contributed by atoms with van der Waals surface area (Å²) in [5.74, 6) is 0.132. The second kappa shape index (κ2) is 4.19. The summed E-state index contributed by atoms with van der Waals surface area (Å²) in [4.78, 5) is 1.20. The minimum Gasteiger partial charge on any atom is -0.348 e. The average Bonchev–Trinajstić information content (AvgIpc) is 2.81. The van der Waals surface area contributed by atoms with Gasteiger partial charge in [-0.2, -0.15) is 13.2 Å². The predicted molar refractivity (Wildman–Crippen MR) is 48.4 cm³/mol. The molecule has 0 spiro atoms. The van der Waals surface area contributed by atoms with Crippen molar-refractivity contribution in [2.75, 3.05) is 6.54 Å². The van der Waals surface area contributed by atoms with Crippen LogP contribution in [0.2, 0.25) is 0 Å². The van der Waals surface area contributed by atoms with Gasteiger partial charge in [0.15, 0.2) is 0 Å². The first-order chi connectivity index (χ1) is 6.44. The maximum absolute atomic E-state index is 12.2. The third-order valence-corrected chi connectivity index (χ3v) is 2.17. The summed E-state index contributed by atoms with van der Waals surface area (Å²) in [6.45, 7) is 0.906. The van der Waals surface area contributed by atoms with Gasteiger partial charge < -0.3 is 4.90 Å². The van der Waals surface area contributed by atoms with Gasteiger partial charge in [0, 0.05) is 12.5 Å². The van der Waals surface area contributed by atoms with Crippen LogP contribution in [-0.2, 0) is 0 Å². The van der Waals surface area contributed by atoms with Crippen LogP contribution in [-0.4, -0.2) is 29.5 Å². The van der Waals surface area contributed by atoms with Crippen molar-refractivity contribution >= 4 is 5.84 Å². The fourth-order valence-electron chi connectivity index (χ4n) is 1.40. The van der Waals surface area contributed by atoms with E-state index < -0.39 is 12.7 Å². The van der Waals surface area contributed by atoms with Crippen molar-refractivity contribution in [2.45, 2.75) is 44.8 Å². The molecule has 1 saturated carbocycles. The molecule has 0 aromatic rings. The zero-order valence-electron chi connectivity index (χ0n) is 8.19. The summed E-state index contributed by atoms with van der Waals surface area (Å²) in [5, 5.41) is 7.52. The number of nitrogens with zero attached hydrogens (tertiary/aromatic N) is 1. The Morgan fingerprint density at radius 3 is 2.36 bits per heavy atom. The van der Waals surface area contributed by atoms with Crippen molar-refractivity contribution in [1.82, 2.24) is 4.90 Å². The Kier molecular flexibility index (Phi) is 3.39. The van der Waals surface area contributed by atoms with E-state index in [2.05, 4.69) is 0 Å². The number of hydrogen-bond donors (Lipinski definition) is 1. The Labute approximate surface area is 81.6 Å². The van der Waals surface area contributed by atoms with Gasteiger partial charge in [0.2, 0.25) is 0 Å². The molecule has 0 bridgehead atoms. The van der Waals surface area contributed by atoms with Crippen molar-refractivity contribution in [1.29, 1.82) is 5.41 Å². The number of hydrogen-bond acceptors (Lipinski definition) is 1. The van der Waals surface area contributed by atoms with Gasteiger partial charge in [-0.05, 0) is 19.3 Å². The number of rotatable bonds is 4. The molecule has 82 valence electrons. The van der Waals surface area contributed by atoms with Gasteiger partial charge in [-0.15, -0.1) is 0 Å². The standard InChI is InChI=1S/C9H15F3N2/c1-2-3-8(13)14(7-4-5-7)6-9(10,11)12/h7,13H,2-6H2,1H3. The average molecular weight is 208 g/mol. The second-order valence-electron chi connectivity index (χ2n) is 3.67. The summed E-state index contributed by atoms with van der Waals surface area (Å²) < 4.78 is 36.5. The molecule has 14 heavy (non-hydrogen) atoms. The van der Waals surface area contributed by atoms with Crippen LogP contribution < -0.4 is 0 Å². The van der Waals surface area contributed by atoms with Crippen molar-refractivity contribution in [3.63, 3.8) is 0 Å². The summed E-state index contributed by atoms with van der Waals surface area (Å²) in [7, 11) is 0. The third kappa shape index (κ3) is 3.55. The lowest BCUT2D eigenvalue weighted by molar-refractivity contribution is -0.139. The fraction of sp³-hybridized carbons (Fsp3) is 0.889. The normalized spacial score (nSPS) is 16.9. The molecule has 0 aromatic heterocycles. The maximum Gasteiger partial charge on any atom is 0.405 e. The highest BCUT2D eigenvalue weighted by molar-refractivity contribution is 5.79. The number of nitrogens with one attached hydrogen (secondary N) is 1. The third-order valence-electron chi connectivity index (χ3n) is 2.17. The molecule has 0 unspecified atom stereocenters. The van der Waals surface area contributed by atoms with Crippen molar-refractivity contribution in [2.24, 2.45) is 0 Å². The van der Waals surface area contributed by atoms with E-state index in [-0.39, 0.29) is 11.9 Å². The molecule has 5 heteroatoms. The van der Waals surface area contributed by atoms with Crippen molar-refractivity contribution in [3.8, 4) is 0 Å². The lowest BCUT2D eigenvalue weighted by Crippen LogP contribution is -2.40. The molecule has 1 N–H and O–H groups in total. The number of halogens is 3. The molecule has 0 saturated heterocycles. The highest BCUT2D eigenvalue weighted by Gasteiger charge is 2.38. The Bertz CT molecular complexity index is 209. The molecule has 0 aliphatic heterocycles. The van der Waals surface area contributed by atoms with E-state index in [1.165, 1.54) is 4.90 Å². The molecule has 1 fully saturated rings. The minimum absolute atomic E-state index is 0.0318. The lowest BCUT2D eigenvalue weighted by atomic mass is 10.3. The van der Waals surface area contributed by atoms with Crippen LogP contribution in [0.3, 0.4) is 0 Å². The maximum atomic E-state index is 12.2. The highest BCUT2D eigenvalue weighted by atomic mass is 19.4. The summed E-state index contributed by atoms with van der Waals surface area (Å²) in [6.07, 6.45) is -1.44. The van der Waals surface area contributed by atoms with Gasteiger partial charge in [0.25, 0.3) is 0 Å². The van der Waals surface area contributed by atoms with E-state index in [0.717, 1.165) is 19.3 Å². The van der Waals surface area contributed by atoms with E-state index in [9.17, 15) is 13.2 Å². The fourth-order valence-corrected chi connectivity index (χ4v) is 1.40. The van der Waals surface area contributed by atoms with Crippen LogP contribution in [0.1, 0.15) is 32.6 Å². The largest absolute Gasteiger partial charge is 0.405 e. The number of amidine groups is 1. The first kappa shape index (κ1) is 11.3. The Hall–Kier alpha value is -0.740. The van der Waals surface area contributed by atoms with E-state index in [4.69, 9.17) is 5.41 Å². The summed E-state index contributed by atoms with van der Waals surface area (Å²) >= 11 is 0. The Morgan fingerprint density at radius 2 is 2.00 bits per heavy atom. The summed E-state index contributed by atoms with van der Waals surface area (Å²) in [5.41, 5.74) is 0. The second-order valence-corrected chi connectivity index (χ2v) is 3.67. The predicted octanol–water partition coefficient (Wildman–Crippen LogP) is 2.79. The van der Waals surface area contributed by atoms with Gasteiger partial charge in [-0.3, -0.25) is 5.41 Å². The van der Waals surface area contributed by atoms with Crippen LogP contribution in [0.5, 0.6) is 0 Å².